The highest BCUT2D eigenvalue weighted by Crippen LogP contribution is 2.18. The summed E-state index contributed by atoms with van der Waals surface area (Å²) in [5, 5.41) is 2.68. The summed E-state index contributed by atoms with van der Waals surface area (Å²) in [7, 11) is 0. The van der Waals surface area contributed by atoms with Crippen molar-refractivity contribution in [3.63, 3.8) is 0 Å². The van der Waals surface area contributed by atoms with Crippen LogP contribution in [-0.4, -0.2) is 51.2 Å². The number of hydrogen-bond donors (Lipinski definition) is 1. The minimum atomic E-state index is -0.225. The third-order valence-electron chi connectivity index (χ3n) is 4.73. The molecule has 0 unspecified atom stereocenters. The van der Waals surface area contributed by atoms with E-state index < -0.39 is 0 Å². The largest absolute Gasteiger partial charge is 0.375 e. The number of ether oxygens (including phenoxy) is 1. The van der Waals surface area contributed by atoms with Crippen LogP contribution in [0.5, 0.6) is 0 Å². The number of aromatic nitrogens is 3. The van der Waals surface area contributed by atoms with Crippen molar-refractivity contribution in [1.29, 1.82) is 0 Å². The fourth-order valence-corrected chi connectivity index (χ4v) is 3.29. The van der Waals surface area contributed by atoms with Crippen LogP contribution in [0.25, 0.3) is 5.65 Å². The van der Waals surface area contributed by atoms with Crippen LogP contribution in [0.1, 0.15) is 49.2 Å². The number of amides is 1. The number of rotatable bonds is 5. The zero-order valence-corrected chi connectivity index (χ0v) is 15.1. The molecule has 25 heavy (non-hydrogen) atoms. The number of aromatic amines is 1. The summed E-state index contributed by atoms with van der Waals surface area (Å²) < 4.78 is 7.38. The number of nitrogens with zero attached hydrogens (tertiary/aromatic N) is 3. The van der Waals surface area contributed by atoms with Crippen LogP contribution in [0.3, 0.4) is 0 Å². The zero-order valence-electron chi connectivity index (χ0n) is 15.1. The van der Waals surface area contributed by atoms with Gasteiger partial charge >= 0.3 is 0 Å². The number of aryl methyl sites for hydroxylation is 1. The average molecular weight is 346 g/mol. The van der Waals surface area contributed by atoms with E-state index in [1.54, 1.807) is 10.7 Å². The third-order valence-corrected chi connectivity index (χ3v) is 4.73. The number of fused-ring (bicyclic) bond motifs is 1. The minimum absolute atomic E-state index is 0.0568. The van der Waals surface area contributed by atoms with Crippen LogP contribution >= 0.6 is 0 Å². The van der Waals surface area contributed by atoms with E-state index in [1.807, 2.05) is 11.8 Å². The molecule has 1 saturated heterocycles. The van der Waals surface area contributed by atoms with Crippen LogP contribution < -0.4 is 5.56 Å². The highest BCUT2D eigenvalue weighted by molar-refractivity contribution is 5.95. The van der Waals surface area contributed by atoms with Crippen molar-refractivity contribution in [1.82, 2.24) is 19.5 Å². The maximum Gasteiger partial charge on any atom is 0.266 e. The normalized spacial score (nSPS) is 18.2. The Bertz CT molecular complexity index is 808. The summed E-state index contributed by atoms with van der Waals surface area (Å²) >= 11 is 0. The molecular formula is C18H26N4O3. The molecule has 1 fully saturated rings. The highest BCUT2D eigenvalue weighted by Gasteiger charge is 2.26. The number of hydrogen-bond acceptors (Lipinski definition) is 4. The quantitative estimate of drug-likeness (QED) is 0.898. The summed E-state index contributed by atoms with van der Waals surface area (Å²) in [5.41, 5.74) is 1.51. The van der Waals surface area contributed by atoms with Gasteiger partial charge in [-0.1, -0.05) is 26.7 Å². The Morgan fingerprint density at radius 1 is 1.48 bits per heavy atom. The Balaban J connectivity index is 1.72. The predicted molar refractivity (Wildman–Crippen MR) is 94.9 cm³/mol. The van der Waals surface area contributed by atoms with Gasteiger partial charge in [0.2, 0.25) is 0 Å². The Kier molecular flexibility index (Phi) is 5.22. The molecule has 0 aromatic carbocycles. The molecule has 2 aromatic heterocycles. The molecule has 136 valence electrons. The molecule has 1 N–H and O–H groups in total. The van der Waals surface area contributed by atoms with Gasteiger partial charge in [-0.15, -0.1) is 0 Å². The van der Waals surface area contributed by atoms with E-state index in [1.165, 1.54) is 12.5 Å². The van der Waals surface area contributed by atoms with Crippen LogP contribution in [0.4, 0.5) is 0 Å². The van der Waals surface area contributed by atoms with Gasteiger partial charge in [0.1, 0.15) is 0 Å². The van der Waals surface area contributed by atoms with E-state index in [0.29, 0.717) is 42.5 Å². The second-order valence-electron chi connectivity index (χ2n) is 7.14. The van der Waals surface area contributed by atoms with Crippen molar-refractivity contribution in [3.05, 3.63) is 33.9 Å². The van der Waals surface area contributed by atoms with Gasteiger partial charge in [0.05, 0.1) is 24.0 Å². The molecule has 1 atom stereocenters. The maximum atomic E-state index is 12.9. The summed E-state index contributed by atoms with van der Waals surface area (Å²) in [4.78, 5) is 30.5. The van der Waals surface area contributed by atoms with Crippen molar-refractivity contribution < 1.29 is 9.53 Å². The molecule has 3 heterocycles. The standard InChI is InChI=1S/C18H26N4O3/c1-12(2)5-4-6-14-11-21(7-8-25-14)18(24)15-10-19-16-9-17(23)20-22(16)13(15)3/h9-10,12,14H,4-8,11H2,1-3H3,(H,20,23)/t14-/m1/s1. The van der Waals surface area contributed by atoms with Crippen molar-refractivity contribution in [2.75, 3.05) is 19.7 Å². The summed E-state index contributed by atoms with van der Waals surface area (Å²) in [6.45, 7) is 8.01. The number of nitrogens with one attached hydrogen (secondary N) is 1. The maximum absolute atomic E-state index is 12.9. The minimum Gasteiger partial charge on any atom is -0.375 e. The lowest BCUT2D eigenvalue weighted by Crippen LogP contribution is -2.46. The first kappa shape index (κ1) is 17.7. The van der Waals surface area contributed by atoms with Crippen LogP contribution in [0.2, 0.25) is 0 Å². The molecule has 7 heteroatoms. The van der Waals surface area contributed by atoms with Gasteiger partial charge in [-0.25, -0.2) is 9.50 Å². The fourth-order valence-electron chi connectivity index (χ4n) is 3.29. The second kappa shape index (κ2) is 7.39. The smallest absolute Gasteiger partial charge is 0.266 e. The predicted octanol–water partition coefficient (Wildman–Crippen LogP) is 2.00. The molecule has 1 amide bonds. The Morgan fingerprint density at radius 3 is 3.04 bits per heavy atom. The molecule has 3 rings (SSSR count). The first-order valence-electron chi connectivity index (χ1n) is 8.94. The highest BCUT2D eigenvalue weighted by atomic mass is 16.5. The fraction of sp³-hybridized carbons (Fsp3) is 0.611. The third kappa shape index (κ3) is 3.92. The van der Waals surface area contributed by atoms with Gasteiger partial charge in [-0.05, 0) is 19.3 Å². The zero-order chi connectivity index (χ0) is 18.0. The van der Waals surface area contributed by atoms with Gasteiger partial charge in [-0.3, -0.25) is 14.7 Å². The topological polar surface area (TPSA) is 79.7 Å². The Hall–Kier alpha value is -2.15. The van der Waals surface area contributed by atoms with Crippen LogP contribution in [0, 0.1) is 12.8 Å². The summed E-state index contributed by atoms with van der Waals surface area (Å²) in [5.74, 6) is 0.629. The van der Waals surface area contributed by atoms with E-state index in [9.17, 15) is 9.59 Å². The van der Waals surface area contributed by atoms with Crippen LogP contribution in [0.15, 0.2) is 17.1 Å². The number of carbonyl (C=O) groups excluding carboxylic acids is 1. The molecule has 0 bridgehead atoms. The lowest BCUT2D eigenvalue weighted by molar-refractivity contribution is -0.0260. The molecule has 1 aliphatic rings. The second-order valence-corrected chi connectivity index (χ2v) is 7.14. The number of H-pyrrole nitrogens is 1. The van der Waals surface area contributed by atoms with Crippen LogP contribution in [-0.2, 0) is 4.74 Å². The van der Waals surface area contributed by atoms with E-state index in [2.05, 4.69) is 23.9 Å². The lowest BCUT2D eigenvalue weighted by atomic mass is 10.0. The van der Waals surface area contributed by atoms with E-state index in [4.69, 9.17) is 4.74 Å². The van der Waals surface area contributed by atoms with E-state index in [-0.39, 0.29) is 17.6 Å². The first-order valence-corrected chi connectivity index (χ1v) is 8.94. The Labute approximate surface area is 147 Å². The number of carbonyl (C=O) groups is 1. The molecule has 2 aromatic rings. The van der Waals surface area contributed by atoms with Gasteiger partial charge in [0.15, 0.2) is 5.65 Å². The monoisotopic (exact) mass is 346 g/mol. The Morgan fingerprint density at radius 2 is 2.28 bits per heavy atom. The number of morpholine rings is 1. The van der Waals surface area contributed by atoms with Gasteiger partial charge < -0.3 is 9.64 Å². The van der Waals surface area contributed by atoms with Gasteiger partial charge in [-0.2, -0.15) is 0 Å². The first-order chi connectivity index (χ1) is 12.0. The van der Waals surface area contributed by atoms with E-state index >= 15 is 0 Å². The molecular weight excluding hydrogens is 320 g/mol. The average Bonchev–Trinajstić information content (AvgIpc) is 2.96. The van der Waals surface area contributed by atoms with Crippen molar-refractivity contribution >= 4 is 11.6 Å². The van der Waals surface area contributed by atoms with Crippen molar-refractivity contribution in [3.8, 4) is 0 Å². The SMILES string of the molecule is Cc1c(C(=O)N2CCO[C@H](CCCC(C)C)C2)cnc2cc(=O)[nH]n12. The lowest BCUT2D eigenvalue weighted by Gasteiger charge is -2.33. The van der Waals surface area contributed by atoms with Crippen molar-refractivity contribution in [2.24, 2.45) is 5.92 Å². The molecule has 0 radical (unpaired) electrons. The molecule has 7 nitrogen and oxygen atoms in total. The van der Waals surface area contributed by atoms with E-state index in [0.717, 1.165) is 12.8 Å². The van der Waals surface area contributed by atoms with Crippen molar-refractivity contribution in [2.45, 2.75) is 46.1 Å². The molecule has 0 aliphatic carbocycles. The molecule has 0 spiro atoms. The molecule has 1 aliphatic heterocycles. The van der Waals surface area contributed by atoms with Gasteiger partial charge in [0.25, 0.3) is 11.5 Å². The summed E-state index contributed by atoms with van der Waals surface area (Å²) in [6.07, 6.45) is 4.92. The molecule has 0 saturated carbocycles. The summed E-state index contributed by atoms with van der Waals surface area (Å²) in [6, 6.07) is 1.42. The van der Waals surface area contributed by atoms with Gasteiger partial charge in [0, 0.05) is 25.4 Å².